The molecule has 3 heterocycles. The van der Waals surface area contributed by atoms with Gasteiger partial charge in [0.05, 0.1) is 21.7 Å². The number of methoxy groups -OCH3 is 1. The molecular weight excluding hydrogens is 585 g/mol. The maximum atomic E-state index is 14.8. The van der Waals surface area contributed by atoms with E-state index in [1.807, 2.05) is 37.6 Å². The molecule has 1 atom stereocenters. The molecule has 0 aliphatic rings. The third-order valence-electron chi connectivity index (χ3n) is 7.17. The van der Waals surface area contributed by atoms with Crippen molar-refractivity contribution < 1.29 is 23.1 Å². The average Bonchev–Trinajstić information content (AvgIpc) is 3.55. The first kappa shape index (κ1) is 29.4. The second kappa shape index (κ2) is 11.7. The number of nitrogens with zero attached hydrogens (tertiary/aromatic N) is 3. The number of pyridine rings is 1. The Morgan fingerprint density at radius 1 is 1.14 bits per heavy atom. The van der Waals surface area contributed by atoms with E-state index in [0.29, 0.717) is 16.1 Å². The molecule has 5 rings (SSSR count). The molecule has 2 aromatic carbocycles. The Bertz CT molecular complexity index is 1890. The monoisotopic (exact) mass is 610 g/mol. The fraction of sp³-hybridized carbons (Fsp3) is 0.194. The molecule has 0 fully saturated rings. The van der Waals surface area contributed by atoms with Crippen molar-refractivity contribution in [1.29, 1.82) is 0 Å². The number of ketones is 1. The predicted molar refractivity (Wildman–Crippen MR) is 161 cm³/mol. The third kappa shape index (κ3) is 5.08. The van der Waals surface area contributed by atoms with Crippen molar-refractivity contribution in [2.45, 2.75) is 20.0 Å². The zero-order valence-electron chi connectivity index (χ0n) is 23.1. The van der Waals surface area contributed by atoms with Gasteiger partial charge in [0, 0.05) is 49.0 Å². The van der Waals surface area contributed by atoms with Crippen LogP contribution in [0.5, 0.6) is 0 Å². The van der Waals surface area contributed by atoms with Gasteiger partial charge in [0.1, 0.15) is 34.8 Å². The summed E-state index contributed by atoms with van der Waals surface area (Å²) in [6, 6.07) is 10.8. The summed E-state index contributed by atoms with van der Waals surface area (Å²) in [4.78, 5) is 30.1. The average molecular weight is 611 g/mol. The molecule has 11 heteroatoms. The number of amides is 1. The minimum atomic E-state index is -1.08. The fourth-order valence-electron chi connectivity index (χ4n) is 5.05. The number of nitrogens with one attached hydrogen (secondary N) is 1. The van der Waals surface area contributed by atoms with Gasteiger partial charge in [-0.25, -0.2) is 13.8 Å². The van der Waals surface area contributed by atoms with Crippen LogP contribution in [-0.4, -0.2) is 38.6 Å². The Hall–Kier alpha value is -4.05. The number of anilines is 1. The molecule has 7 nitrogen and oxygen atoms in total. The molecule has 3 aromatic heterocycles. The van der Waals surface area contributed by atoms with Gasteiger partial charge in [-0.05, 0) is 55.8 Å². The molecule has 0 saturated heterocycles. The Balaban J connectivity index is 1.57. The molecule has 0 spiro atoms. The van der Waals surface area contributed by atoms with Gasteiger partial charge >= 0.3 is 0 Å². The number of hydrogen-bond donors (Lipinski definition) is 1. The van der Waals surface area contributed by atoms with Gasteiger partial charge in [-0.15, -0.1) is 11.6 Å². The lowest BCUT2D eigenvalue weighted by molar-refractivity contribution is -0.112. The van der Waals surface area contributed by atoms with Gasteiger partial charge in [-0.1, -0.05) is 23.7 Å². The lowest BCUT2D eigenvalue weighted by Gasteiger charge is -2.13. The van der Waals surface area contributed by atoms with Gasteiger partial charge in [0.15, 0.2) is 0 Å². The zero-order valence-corrected chi connectivity index (χ0v) is 24.6. The molecule has 0 radical (unpaired) electrons. The molecular formula is C31H26Cl2F2N4O3. The Labute approximate surface area is 250 Å². The van der Waals surface area contributed by atoms with Gasteiger partial charge < -0.3 is 19.0 Å². The molecule has 0 unspecified atom stereocenters. The van der Waals surface area contributed by atoms with Crippen LogP contribution in [-0.2, 0) is 16.6 Å². The number of rotatable bonds is 8. The molecule has 216 valence electrons. The van der Waals surface area contributed by atoms with Crippen LogP contribution in [0.3, 0.4) is 0 Å². The molecule has 1 N–H and O–H groups in total. The number of carbonyl (C=O) groups excluding carboxylic acids is 2. The van der Waals surface area contributed by atoms with E-state index in [-0.39, 0.29) is 23.2 Å². The number of allylic oxidation sites excluding steroid dienone is 1. The molecule has 5 aromatic rings. The largest absolute Gasteiger partial charge is 0.374 e. The van der Waals surface area contributed by atoms with Crippen LogP contribution in [0, 0.1) is 18.6 Å². The highest BCUT2D eigenvalue weighted by Gasteiger charge is 2.23. The molecule has 0 bridgehead atoms. The number of aryl methyl sites for hydroxylation is 2. The topological polar surface area (TPSA) is 77.6 Å². The quantitative estimate of drug-likeness (QED) is 0.113. The Morgan fingerprint density at radius 3 is 2.52 bits per heavy atom. The lowest BCUT2D eigenvalue weighted by Crippen LogP contribution is -2.13. The van der Waals surface area contributed by atoms with E-state index in [2.05, 4.69) is 5.32 Å². The van der Waals surface area contributed by atoms with E-state index >= 15 is 0 Å². The van der Waals surface area contributed by atoms with Crippen LogP contribution in [0.25, 0.3) is 27.7 Å². The molecule has 0 aliphatic heterocycles. The number of fused-ring (bicyclic) bond motifs is 2. The lowest BCUT2D eigenvalue weighted by atomic mass is 9.99. The maximum Gasteiger partial charge on any atom is 0.248 e. The van der Waals surface area contributed by atoms with Crippen molar-refractivity contribution in [3.05, 3.63) is 100 Å². The van der Waals surface area contributed by atoms with E-state index in [9.17, 15) is 18.4 Å². The number of carbonyl (C=O) groups is 2. The number of halogens is 4. The third-order valence-corrected chi connectivity index (χ3v) is 7.72. The minimum Gasteiger partial charge on any atom is -0.374 e. The molecule has 1 amide bonds. The highest BCUT2D eigenvalue weighted by molar-refractivity contribution is 6.38. The van der Waals surface area contributed by atoms with Crippen LogP contribution in [0.1, 0.15) is 40.5 Å². The summed E-state index contributed by atoms with van der Waals surface area (Å²) in [6.07, 6.45) is 3.85. The van der Waals surface area contributed by atoms with Crippen LogP contribution in [0.2, 0.25) is 5.02 Å². The first-order valence-electron chi connectivity index (χ1n) is 12.9. The van der Waals surface area contributed by atoms with E-state index in [4.69, 9.17) is 32.9 Å². The van der Waals surface area contributed by atoms with Gasteiger partial charge in [0.25, 0.3) is 0 Å². The van der Waals surface area contributed by atoms with Crippen molar-refractivity contribution in [3.8, 4) is 11.1 Å². The summed E-state index contributed by atoms with van der Waals surface area (Å²) in [7, 11) is 3.53. The van der Waals surface area contributed by atoms with E-state index in [1.54, 1.807) is 35.9 Å². The van der Waals surface area contributed by atoms with E-state index in [1.165, 1.54) is 6.08 Å². The first-order chi connectivity index (χ1) is 20.1. The molecule has 0 saturated carbocycles. The highest BCUT2D eigenvalue weighted by Crippen LogP contribution is 2.40. The summed E-state index contributed by atoms with van der Waals surface area (Å²) in [5, 5.41) is 2.59. The summed E-state index contributed by atoms with van der Waals surface area (Å²) in [5.74, 6) is -2.72. The number of benzene rings is 2. The standard InChI is InChI=1S/C31H26Cl2F2N4O3/c1-16-13-24-29(37-31(38(24)3)17(2)42-4)27(33)26(16)19-7-6-12-39-22(19)9-10-23(39)30(41)18-14-20(34)28(21(35)15-18)36-25(40)8-5-11-32/h5-10,12-15,17H,11H2,1-4H3,(H,36,40)/b8-5+/t17-/m1/s1. The second-order valence-corrected chi connectivity index (χ2v) is 10.4. The second-order valence-electron chi connectivity index (χ2n) is 9.74. The van der Waals surface area contributed by atoms with Crippen molar-refractivity contribution >= 4 is 57.1 Å². The van der Waals surface area contributed by atoms with Crippen LogP contribution >= 0.6 is 23.2 Å². The number of hydrogen-bond acceptors (Lipinski definition) is 4. The Morgan fingerprint density at radius 2 is 1.86 bits per heavy atom. The zero-order chi connectivity index (χ0) is 30.3. The smallest absolute Gasteiger partial charge is 0.248 e. The molecule has 0 aliphatic carbocycles. The van der Waals surface area contributed by atoms with Gasteiger partial charge in [-0.3, -0.25) is 9.59 Å². The van der Waals surface area contributed by atoms with Crippen LogP contribution < -0.4 is 5.32 Å². The molecule has 42 heavy (non-hydrogen) atoms. The van der Waals surface area contributed by atoms with Gasteiger partial charge in [-0.2, -0.15) is 0 Å². The summed E-state index contributed by atoms with van der Waals surface area (Å²) in [6.45, 7) is 3.85. The minimum absolute atomic E-state index is 0.0664. The predicted octanol–water partition coefficient (Wildman–Crippen LogP) is 7.40. The summed E-state index contributed by atoms with van der Waals surface area (Å²) < 4.78 is 38.7. The fourth-order valence-corrected chi connectivity index (χ4v) is 5.53. The van der Waals surface area contributed by atoms with Crippen LogP contribution in [0.15, 0.2) is 60.8 Å². The number of alkyl halides is 1. The Kier molecular flexibility index (Phi) is 8.19. The summed E-state index contributed by atoms with van der Waals surface area (Å²) >= 11 is 12.5. The van der Waals surface area contributed by atoms with Crippen molar-refractivity contribution in [3.63, 3.8) is 0 Å². The van der Waals surface area contributed by atoms with E-state index in [0.717, 1.165) is 46.2 Å². The number of aromatic nitrogens is 3. The maximum absolute atomic E-state index is 14.8. The van der Waals surface area contributed by atoms with Crippen molar-refractivity contribution in [1.82, 2.24) is 14.0 Å². The summed E-state index contributed by atoms with van der Waals surface area (Å²) in [5.41, 5.74) is 3.88. The number of imidazole rings is 1. The van der Waals surface area contributed by atoms with E-state index < -0.39 is 29.0 Å². The SMILES string of the molecule is CO[C@H](C)c1nc2c(Cl)c(-c3cccn4c(C(=O)c5cc(F)c(NC(=O)/C=C/CCl)c(F)c5)ccc34)c(C)cc2n1C. The highest BCUT2D eigenvalue weighted by atomic mass is 35.5. The van der Waals surface area contributed by atoms with Crippen LogP contribution in [0.4, 0.5) is 14.5 Å². The first-order valence-corrected chi connectivity index (χ1v) is 13.8. The number of ether oxygens (including phenoxy) is 1. The van der Waals surface area contributed by atoms with Crippen molar-refractivity contribution in [2.24, 2.45) is 7.05 Å². The van der Waals surface area contributed by atoms with Crippen molar-refractivity contribution in [2.75, 3.05) is 18.3 Å². The van der Waals surface area contributed by atoms with Gasteiger partial charge in [0.2, 0.25) is 11.7 Å². The normalized spacial score (nSPS) is 12.5.